The Kier molecular flexibility index (Phi) is 7.06. The summed E-state index contributed by atoms with van der Waals surface area (Å²) < 4.78 is 39.0. The maximum Gasteiger partial charge on any atom is 0.230 e. The quantitative estimate of drug-likeness (QED) is 0.637. The van der Waals surface area contributed by atoms with Crippen LogP contribution >= 0.6 is 0 Å². The second kappa shape index (κ2) is 8.95. The van der Waals surface area contributed by atoms with Crippen LogP contribution in [-0.4, -0.2) is 27.1 Å². The molecule has 0 aromatic heterocycles. The highest BCUT2D eigenvalue weighted by Gasteiger charge is 2.30. The second-order valence-corrected chi connectivity index (χ2v) is 9.72. The van der Waals surface area contributed by atoms with Crippen LogP contribution in [0.3, 0.4) is 0 Å². The zero-order chi connectivity index (χ0) is 21.8. The van der Waals surface area contributed by atoms with Crippen molar-refractivity contribution in [1.29, 1.82) is 0 Å². The van der Waals surface area contributed by atoms with E-state index >= 15 is 0 Å². The number of amides is 1. The standard InChI is InChI=1S/C22H29FN2O3S/c1-15-8-9-17(13-16(15)2)7-6-12-24-21(26)22(3,4)18-10-11-20(19(23)14-18)25-29(5,27)28/h8-11,13-14,25H,6-7,12H2,1-5H3,(H,24,26). The molecule has 0 heterocycles. The summed E-state index contributed by atoms with van der Waals surface area (Å²) in [5, 5.41) is 2.92. The van der Waals surface area contributed by atoms with Gasteiger partial charge in [-0.1, -0.05) is 24.3 Å². The third-order valence-corrected chi connectivity index (χ3v) is 5.64. The normalized spacial score (nSPS) is 11.9. The predicted octanol–water partition coefficient (Wildman–Crippen LogP) is 3.84. The van der Waals surface area contributed by atoms with Crippen LogP contribution in [-0.2, 0) is 26.7 Å². The number of carbonyl (C=O) groups is 1. The fraction of sp³-hybridized carbons (Fsp3) is 0.409. The molecule has 0 aliphatic heterocycles. The van der Waals surface area contributed by atoms with Crippen molar-refractivity contribution in [2.24, 2.45) is 0 Å². The van der Waals surface area contributed by atoms with Crippen molar-refractivity contribution < 1.29 is 17.6 Å². The van der Waals surface area contributed by atoms with E-state index in [0.717, 1.165) is 19.1 Å². The molecule has 0 aliphatic carbocycles. The zero-order valence-electron chi connectivity index (χ0n) is 17.6. The highest BCUT2D eigenvalue weighted by atomic mass is 32.2. The maximum atomic E-state index is 14.3. The van der Waals surface area contributed by atoms with Crippen molar-refractivity contribution in [3.8, 4) is 0 Å². The summed E-state index contributed by atoms with van der Waals surface area (Å²) >= 11 is 0. The summed E-state index contributed by atoms with van der Waals surface area (Å²) in [6.07, 6.45) is 2.62. The number of hydrogen-bond donors (Lipinski definition) is 2. The van der Waals surface area contributed by atoms with Crippen molar-refractivity contribution in [2.75, 3.05) is 17.5 Å². The molecule has 5 nitrogen and oxygen atoms in total. The van der Waals surface area contributed by atoms with Crippen molar-refractivity contribution in [3.05, 3.63) is 64.5 Å². The average Bonchev–Trinajstić information content (AvgIpc) is 2.62. The highest BCUT2D eigenvalue weighted by Crippen LogP contribution is 2.27. The molecule has 2 aromatic rings. The molecule has 0 atom stereocenters. The lowest BCUT2D eigenvalue weighted by molar-refractivity contribution is -0.125. The molecule has 0 spiro atoms. The van der Waals surface area contributed by atoms with Crippen molar-refractivity contribution >= 4 is 21.6 Å². The average molecular weight is 421 g/mol. The topological polar surface area (TPSA) is 75.3 Å². The van der Waals surface area contributed by atoms with Crippen LogP contribution in [0, 0.1) is 19.7 Å². The van der Waals surface area contributed by atoms with Gasteiger partial charge in [-0.15, -0.1) is 0 Å². The van der Waals surface area contributed by atoms with Crippen LogP contribution in [0.15, 0.2) is 36.4 Å². The van der Waals surface area contributed by atoms with Gasteiger partial charge >= 0.3 is 0 Å². The zero-order valence-corrected chi connectivity index (χ0v) is 18.4. The second-order valence-electron chi connectivity index (χ2n) is 7.97. The Morgan fingerprint density at radius 1 is 1.07 bits per heavy atom. The molecule has 0 saturated carbocycles. The predicted molar refractivity (Wildman–Crippen MR) is 115 cm³/mol. The number of carbonyl (C=O) groups excluding carboxylic acids is 1. The number of aryl methyl sites for hydroxylation is 3. The van der Waals surface area contributed by atoms with E-state index in [2.05, 4.69) is 42.1 Å². The minimum absolute atomic E-state index is 0.138. The summed E-state index contributed by atoms with van der Waals surface area (Å²) in [6.45, 7) is 8.10. The van der Waals surface area contributed by atoms with Crippen molar-refractivity contribution in [2.45, 2.75) is 46.0 Å². The Bertz CT molecular complexity index is 1000. The van der Waals surface area contributed by atoms with E-state index in [1.165, 1.54) is 28.8 Å². The van der Waals surface area contributed by atoms with Gasteiger partial charge in [0, 0.05) is 6.54 Å². The fourth-order valence-corrected chi connectivity index (χ4v) is 3.56. The maximum absolute atomic E-state index is 14.3. The molecule has 0 bridgehead atoms. The molecule has 0 radical (unpaired) electrons. The summed E-state index contributed by atoms with van der Waals surface area (Å²) in [7, 11) is -3.58. The number of halogens is 1. The number of anilines is 1. The van der Waals surface area contributed by atoms with Crippen LogP contribution in [0.2, 0.25) is 0 Å². The summed E-state index contributed by atoms with van der Waals surface area (Å²) in [5.74, 6) is -0.927. The summed E-state index contributed by atoms with van der Waals surface area (Å²) in [6, 6.07) is 10.5. The molecule has 2 N–H and O–H groups in total. The van der Waals surface area contributed by atoms with E-state index < -0.39 is 21.3 Å². The Balaban J connectivity index is 1.96. The number of nitrogens with one attached hydrogen (secondary N) is 2. The van der Waals surface area contributed by atoms with Gasteiger partial charge in [0.15, 0.2) is 0 Å². The van der Waals surface area contributed by atoms with Crippen LogP contribution in [0.1, 0.15) is 42.5 Å². The van der Waals surface area contributed by atoms with E-state index in [1.54, 1.807) is 19.9 Å². The molecular weight excluding hydrogens is 391 g/mol. The van der Waals surface area contributed by atoms with E-state index in [1.807, 2.05) is 0 Å². The molecule has 2 aromatic carbocycles. The summed E-state index contributed by atoms with van der Waals surface area (Å²) in [5.41, 5.74) is 3.13. The molecular formula is C22H29FN2O3S. The molecule has 0 saturated heterocycles. The van der Waals surface area contributed by atoms with E-state index in [9.17, 15) is 17.6 Å². The third-order valence-electron chi connectivity index (χ3n) is 5.05. The largest absolute Gasteiger partial charge is 0.355 e. The molecule has 0 aliphatic rings. The Hall–Kier alpha value is -2.41. The smallest absolute Gasteiger partial charge is 0.230 e. The van der Waals surface area contributed by atoms with E-state index in [-0.39, 0.29) is 11.6 Å². The van der Waals surface area contributed by atoms with E-state index in [0.29, 0.717) is 12.1 Å². The Morgan fingerprint density at radius 2 is 1.76 bits per heavy atom. The van der Waals surface area contributed by atoms with Crippen molar-refractivity contribution in [3.63, 3.8) is 0 Å². The first kappa shape index (κ1) is 22.9. The Morgan fingerprint density at radius 3 is 2.34 bits per heavy atom. The number of benzene rings is 2. The highest BCUT2D eigenvalue weighted by molar-refractivity contribution is 7.92. The first-order valence-corrected chi connectivity index (χ1v) is 11.4. The van der Waals surface area contributed by atoms with Gasteiger partial charge in [0.25, 0.3) is 0 Å². The molecule has 2 rings (SSSR count). The lowest BCUT2D eigenvalue weighted by atomic mass is 9.83. The van der Waals surface area contributed by atoms with Gasteiger partial charge in [0.05, 0.1) is 17.4 Å². The van der Waals surface area contributed by atoms with Gasteiger partial charge in [-0.05, 0) is 74.9 Å². The lowest BCUT2D eigenvalue weighted by Gasteiger charge is -2.24. The molecule has 0 fully saturated rings. The minimum atomic E-state index is -3.58. The van der Waals surface area contributed by atoms with Crippen LogP contribution in [0.4, 0.5) is 10.1 Å². The third kappa shape index (κ3) is 6.29. The Labute approximate surface area is 172 Å². The minimum Gasteiger partial charge on any atom is -0.355 e. The van der Waals surface area contributed by atoms with Crippen LogP contribution < -0.4 is 10.0 Å². The molecule has 158 valence electrons. The molecule has 29 heavy (non-hydrogen) atoms. The molecule has 7 heteroatoms. The van der Waals surface area contributed by atoms with Gasteiger partial charge in [-0.25, -0.2) is 12.8 Å². The summed E-state index contributed by atoms with van der Waals surface area (Å²) in [4.78, 5) is 12.7. The number of hydrogen-bond acceptors (Lipinski definition) is 3. The first-order chi connectivity index (χ1) is 13.4. The van der Waals surface area contributed by atoms with Crippen molar-refractivity contribution in [1.82, 2.24) is 5.32 Å². The number of rotatable bonds is 8. The van der Waals surface area contributed by atoms with Crippen LogP contribution in [0.25, 0.3) is 0 Å². The molecule has 0 unspecified atom stereocenters. The first-order valence-electron chi connectivity index (χ1n) is 9.52. The van der Waals surface area contributed by atoms with Gasteiger partial charge in [-0.2, -0.15) is 0 Å². The number of sulfonamides is 1. The van der Waals surface area contributed by atoms with Gasteiger partial charge in [0.2, 0.25) is 15.9 Å². The van der Waals surface area contributed by atoms with Gasteiger partial charge in [-0.3, -0.25) is 9.52 Å². The fourth-order valence-electron chi connectivity index (χ4n) is 2.99. The SMILES string of the molecule is Cc1ccc(CCCNC(=O)C(C)(C)c2ccc(NS(C)(=O)=O)c(F)c2)cc1C. The van der Waals surface area contributed by atoms with Gasteiger partial charge in [0.1, 0.15) is 5.82 Å². The lowest BCUT2D eigenvalue weighted by Crippen LogP contribution is -2.40. The monoisotopic (exact) mass is 420 g/mol. The molecule has 1 amide bonds. The van der Waals surface area contributed by atoms with Crippen LogP contribution in [0.5, 0.6) is 0 Å². The van der Waals surface area contributed by atoms with E-state index in [4.69, 9.17) is 0 Å². The van der Waals surface area contributed by atoms with Gasteiger partial charge < -0.3 is 5.32 Å².